The van der Waals surface area contributed by atoms with Crippen LogP contribution < -0.4 is 4.74 Å². The topological polar surface area (TPSA) is 68.5 Å². The number of aryl methyl sites for hydroxylation is 3. The Morgan fingerprint density at radius 1 is 1.10 bits per heavy atom. The molecule has 6 nitrogen and oxygen atoms in total. The van der Waals surface area contributed by atoms with Crippen LogP contribution in [0.5, 0.6) is 5.75 Å². The lowest BCUT2D eigenvalue weighted by Gasteiger charge is -2.18. The molecule has 0 unspecified atom stereocenters. The summed E-state index contributed by atoms with van der Waals surface area (Å²) in [5.41, 5.74) is 4.79. The maximum absolute atomic E-state index is 12.4. The van der Waals surface area contributed by atoms with Crippen LogP contribution in [0.2, 0.25) is 0 Å². The van der Waals surface area contributed by atoms with Gasteiger partial charge in [-0.2, -0.15) is 4.98 Å². The molecule has 0 radical (unpaired) electrons. The maximum Gasteiger partial charge on any atom is 0.260 e. The van der Waals surface area contributed by atoms with Gasteiger partial charge < -0.3 is 14.2 Å². The number of rotatable bonds is 6. The minimum Gasteiger partial charge on any atom is -0.484 e. The number of fused-ring (bicyclic) bond motifs is 1. The van der Waals surface area contributed by atoms with Gasteiger partial charge in [0.25, 0.3) is 5.91 Å². The minimum absolute atomic E-state index is 0.0196. The smallest absolute Gasteiger partial charge is 0.260 e. The van der Waals surface area contributed by atoms with E-state index in [4.69, 9.17) is 9.26 Å². The maximum atomic E-state index is 12.4. The lowest BCUT2D eigenvalue weighted by molar-refractivity contribution is -0.132. The summed E-state index contributed by atoms with van der Waals surface area (Å²) in [6.45, 7) is 2.25. The van der Waals surface area contributed by atoms with Crippen molar-refractivity contribution in [2.24, 2.45) is 0 Å². The van der Waals surface area contributed by atoms with Gasteiger partial charge in [-0.15, -0.1) is 0 Å². The minimum atomic E-state index is -0.141. The molecule has 0 saturated heterocycles. The van der Waals surface area contributed by atoms with Crippen LogP contribution in [0.15, 0.2) is 47.0 Å². The standard InChI is InChI=1S/C23H25N3O3/c1-16-7-9-18(10-8-16)23-24-21(29-25-23)14-26(2)22(27)15-28-20-12-11-17-5-3-4-6-19(17)13-20/h7-13H,3-6,14-15H2,1-2H3. The predicted molar refractivity (Wildman–Crippen MR) is 110 cm³/mol. The van der Waals surface area contributed by atoms with E-state index < -0.39 is 0 Å². The molecule has 1 amide bonds. The Morgan fingerprint density at radius 2 is 1.86 bits per heavy atom. The van der Waals surface area contributed by atoms with Crippen molar-refractivity contribution in [3.05, 3.63) is 65.0 Å². The molecule has 4 rings (SSSR count). The van der Waals surface area contributed by atoms with Crippen LogP contribution in [0.3, 0.4) is 0 Å². The summed E-state index contributed by atoms with van der Waals surface area (Å²) in [7, 11) is 1.70. The highest BCUT2D eigenvalue weighted by molar-refractivity contribution is 5.77. The number of aromatic nitrogens is 2. The fourth-order valence-corrected chi connectivity index (χ4v) is 3.48. The SMILES string of the molecule is Cc1ccc(-c2noc(CN(C)C(=O)COc3ccc4c(c3)CCCC4)n2)cc1. The van der Waals surface area contributed by atoms with Crippen molar-refractivity contribution in [3.63, 3.8) is 0 Å². The number of hydrogen-bond acceptors (Lipinski definition) is 5. The van der Waals surface area contributed by atoms with E-state index in [0.29, 0.717) is 11.7 Å². The van der Waals surface area contributed by atoms with Gasteiger partial charge >= 0.3 is 0 Å². The van der Waals surface area contributed by atoms with E-state index in [2.05, 4.69) is 22.3 Å². The van der Waals surface area contributed by atoms with Gasteiger partial charge in [-0.3, -0.25) is 4.79 Å². The largest absolute Gasteiger partial charge is 0.484 e. The monoisotopic (exact) mass is 391 g/mol. The number of ether oxygens (including phenoxy) is 1. The summed E-state index contributed by atoms with van der Waals surface area (Å²) >= 11 is 0. The fraction of sp³-hybridized carbons (Fsp3) is 0.348. The van der Waals surface area contributed by atoms with Crippen molar-refractivity contribution in [1.29, 1.82) is 0 Å². The van der Waals surface area contributed by atoms with E-state index >= 15 is 0 Å². The van der Waals surface area contributed by atoms with Crippen LogP contribution in [0.25, 0.3) is 11.4 Å². The van der Waals surface area contributed by atoms with Crippen molar-refractivity contribution in [2.45, 2.75) is 39.2 Å². The van der Waals surface area contributed by atoms with E-state index in [0.717, 1.165) is 24.2 Å². The number of likely N-dealkylation sites (N-methyl/N-ethyl adjacent to an activating group) is 1. The molecule has 6 heteroatoms. The van der Waals surface area contributed by atoms with Gasteiger partial charge in [0, 0.05) is 12.6 Å². The third-order valence-electron chi connectivity index (χ3n) is 5.26. The number of carbonyl (C=O) groups excluding carboxylic acids is 1. The Kier molecular flexibility index (Phi) is 5.60. The van der Waals surface area contributed by atoms with Gasteiger partial charge in [-0.1, -0.05) is 41.1 Å². The zero-order chi connectivity index (χ0) is 20.2. The van der Waals surface area contributed by atoms with Crippen LogP contribution in [0, 0.1) is 6.92 Å². The second-order valence-electron chi connectivity index (χ2n) is 7.55. The molecule has 0 aliphatic heterocycles. The van der Waals surface area contributed by atoms with E-state index in [1.54, 1.807) is 7.05 Å². The van der Waals surface area contributed by atoms with Crippen molar-refractivity contribution >= 4 is 5.91 Å². The number of benzene rings is 2. The summed E-state index contributed by atoms with van der Waals surface area (Å²) in [6.07, 6.45) is 4.68. The third kappa shape index (κ3) is 4.65. The highest BCUT2D eigenvalue weighted by Crippen LogP contribution is 2.25. The lowest BCUT2D eigenvalue weighted by Crippen LogP contribution is -2.31. The fourth-order valence-electron chi connectivity index (χ4n) is 3.48. The van der Waals surface area contributed by atoms with Gasteiger partial charge in [0.2, 0.25) is 11.7 Å². The van der Waals surface area contributed by atoms with Crippen molar-refractivity contribution in [2.75, 3.05) is 13.7 Å². The summed E-state index contributed by atoms with van der Waals surface area (Å²) in [6, 6.07) is 14.0. The molecular weight excluding hydrogens is 366 g/mol. The quantitative estimate of drug-likeness (QED) is 0.636. The molecule has 1 heterocycles. The number of hydrogen-bond donors (Lipinski definition) is 0. The van der Waals surface area contributed by atoms with Crippen molar-refractivity contribution in [1.82, 2.24) is 15.0 Å². The van der Waals surface area contributed by atoms with Crippen LogP contribution >= 0.6 is 0 Å². The summed E-state index contributed by atoms with van der Waals surface area (Å²) in [5, 5.41) is 4.01. The number of carbonyl (C=O) groups is 1. The molecule has 0 spiro atoms. The molecule has 150 valence electrons. The van der Waals surface area contributed by atoms with Gasteiger partial charge in [0.1, 0.15) is 5.75 Å². The molecule has 0 saturated carbocycles. The first kappa shape index (κ1) is 19.2. The van der Waals surface area contributed by atoms with Crippen LogP contribution in [-0.2, 0) is 24.2 Å². The van der Waals surface area contributed by atoms with E-state index in [1.807, 2.05) is 37.3 Å². The average molecular weight is 391 g/mol. The summed E-state index contributed by atoms with van der Waals surface area (Å²) < 4.78 is 11.0. The molecule has 0 bridgehead atoms. The van der Waals surface area contributed by atoms with Gasteiger partial charge in [0.15, 0.2) is 6.61 Å². The van der Waals surface area contributed by atoms with E-state index in [-0.39, 0.29) is 19.1 Å². The first-order valence-corrected chi connectivity index (χ1v) is 9.97. The van der Waals surface area contributed by atoms with Crippen molar-refractivity contribution in [3.8, 4) is 17.1 Å². The van der Waals surface area contributed by atoms with Crippen LogP contribution in [-0.4, -0.2) is 34.6 Å². The molecule has 0 fully saturated rings. The number of nitrogens with zero attached hydrogens (tertiary/aromatic N) is 3. The molecule has 0 atom stereocenters. The molecule has 1 aliphatic carbocycles. The third-order valence-corrected chi connectivity index (χ3v) is 5.26. The Bertz CT molecular complexity index is 995. The summed E-state index contributed by atoms with van der Waals surface area (Å²) in [5.74, 6) is 1.51. The van der Waals surface area contributed by atoms with Gasteiger partial charge in [-0.05, 0) is 55.9 Å². The Morgan fingerprint density at radius 3 is 2.66 bits per heavy atom. The zero-order valence-electron chi connectivity index (χ0n) is 16.9. The summed E-state index contributed by atoms with van der Waals surface area (Å²) in [4.78, 5) is 18.4. The highest BCUT2D eigenvalue weighted by atomic mass is 16.5. The van der Waals surface area contributed by atoms with Crippen LogP contribution in [0.4, 0.5) is 0 Å². The second kappa shape index (κ2) is 8.47. The van der Waals surface area contributed by atoms with Crippen molar-refractivity contribution < 1.29 is 14.1 Å². The molecule has 0 N–H and O–H groups in total. The first-order valence-electron chi connectivity index (χ1n) is 9.97. The number of amides is 1. The van der Waals surface area contributed by atoms with E-state index in [1.165, 1.54) is 34.4 Å². The molecule has 29 heavy (non-hydrogen) atoms. The molecule has 3 aromatic rings. The normalized spacial score (nSPS) is 13.0. The predicted octanol–water partition coefficient (Wildman–Crippen LogP) is 3.96. The molecule has 1 aromatic heterocycles. The average Bonchev–Trinajstić information content (AvgIpc) is 3.20. The highest BCUT2D eigenvalue weighted by Gasteiger charge is 2.16. The van der Waals surface area contributed by atoms with E-state index in [9.17, 15) is 4.79 Å². The molecule has 2 aromatic carbocycles. The molecule has 1 aliphatic rings. The van der Waals surface area contributed by atoms with Gasteiger partial charge in [-0.25, -0.2) is 0 Å². The Labute approximate surface area is 170 Å². The Hall–Kier alpha value is -3.15. The Balaban J connectivity index is 1.32. The van der Waals surface area contributed by atoms with Gasteiger partial charge in [0.05, 0.1) is 6.54 Å². The lowest BCUT2D eigenvalue weighted by atomic mass is 9.92. The first-order chi connectivity index (χ1) is 14.1. The zero-order valence-corrected chi connectivity index (χ0v) is 16.9. The second-order valence-corrected chi connectivity index (χ2v) is 7.55. The molecular formula is C23H25N3O3. The van der Waals surface area contributed by atoms with Crippen LogP contribution in [0.1, 0.15) is 35.4 Å².